The minimum atomic E-state index is -2.94. The van der Waals surface area contributed by atoms with Gasteiger partial charge in [0, 0.05) is 0 Å². The zero-order valence-corrected chi connectivity index (χ0v) is 11.1. The van der Waals surface area contributed by atoms with Crippen molar-refractivity contribution in [2.75, 3.05) is 0 Å². The summed E-state index contributed by atoms with van der Waals surface area (Å²) in [4.78, 5) is 11.4. The van der Waals surface area contributed by atoms with Crippen LogP contribution in [0, 0.1) is 0 Å². The zero-order chi connectivity index (χ0) is 10.8. The van der Waals surface area contributed by atoms with Crippen LogP contribution in [0.3, 0.4) is 0 Å². The SMILES string of the molecule is C=CC[C]12[CH]3[CH]4[CH]5[CH]1[Fe]45321678[CH]2[CH]1[CH]6[C]7(CC=C)[CH]28. The summed E-state index contributed by atoms with van der Waals surface area (Å²) in [6.07, 6.45) is 7.62. The summed E-state index contributed by atoms with van der Waals surface area (Å²) in [7, 11) is 0. The normalized spacial score (nSPS) is 123. The molecule has 10 fully saturated rings. The quantitative estimate of drug-likeness (QED) is 0.480. The van der Waals surface area contributed by atoms with E-state index in [0.717, 1.165) is 8.63 Å². The van der Waals surface area contributed by atoms with Crippen molar-refractivity contribution in [2.45, 2.75) is 60.0 Å². The number of hydrogen-bond donors (Lipinski definition) is 0. The molecule has 0 saturated carbocycles. The molecule has 90 valence electrons. The Hall–Kier alpha value is -0.000519. The number of allylic oxidation sites excluding steroid dienone is 2. The van der Waals surface area contributed by atoms with Crippen LogP contribution in [0.1, 0.15) is 12.8 Å². The average Bonchev–Trinajstić information content (AvgIpc) is 3.24. The molecule has 10 heterocycles. The third-order valence-corrected chi connectivity index (χ3v) is 60.4. The Morgan fingerprint density at radius 1 is 0.765 bits per heavy atom. The first-order valence-electron chi connectivity index (χ1n) is 7.48. The number of rotatable bonds is 4. The van der Waals surface area contributed by atoms with Gasteiger partial charge in [-0.1, -0.05) is 0 Å². The molecule has 0 aromatic carbocycles. The summed E-state index contributed by atoms with van der Waals surface area (Å²) in [5, 5.41) is 0. The molecule has 17 heavy (non-hydrogen) atoms. The average molecular weight is 266 g/mol. The van der Waals surface area contributed by atoms with Gasteiger partial charge >= 0.3 is 91.8 Å². The maximum absolute atomic E-state index is 4.14. The van der Waals surface area contributed by atoms with E-state index in [1.165, 1.54) is 51.4 Å². The molecule has 0 nitrogen and oxygen atoms in total. The molecule has 0 aromatic heterocycles. The molecule has 8 atom stereocenters. The minimum absolute atomic E-state index is 1.04. The van der Waals surface area contributed by atoms with Crippen molar-refractivity contribution in [1.82, 2.24) is 0 Å². The van der Waals surface area contributed by atoms with Crippen LogP contribution in [-0.2, 0) is 6.51 Å². The van der Waals surface area contributed by atoms with E-state index in [2.05, 4.69) is 25.3 Å². The van der Waals surface area contributed by atoms with Crippen molar-refractivity contribution < 1.29 is 6.51 Å². The molecular formula is C16H18Fe. The van der Waals surface area contributed by atoms with Gasteiger partial charge in [-0.05, 0) is 0 Å². The Morgan fingerprint density at radius 3 is 1.35 bits per heavy atom. The molecule has 0 amide bonds. The van der Waals surface area contributed by atoms with Gasteiger partial charge in [-0.3, -0.25) is 0 Å². The molecular weight excluding hydrogens is 248 g/mol. The summed E-state index contributed by atoms with van der Waals surface area (Å²) < 4.78 is 2.08. The van der Waals surface area contributed by atoms with Crippen LogP contribution in [0.2, 0.25) is 47.2 Å². The van der Waals surface area contributed by atoms with Gasteiger partial charge in [-0.25, -0.2) is 0 Å². The van der Waals surface area contributed by atoms with Gasteiger partial charge < -0.3 is 0 Å². The fourth-order valence-corrected chi connectivity index (χ4v) is 96.8. The van der Waals surface area contributed by atoms with Gasteiger partial charge in [0.05, 0.1) is 0 Å². The van der Waals surface area contributed by atoms with Gasteiger partial charge in [0.2, 0.25) is 0 Å². The molecule has 8 unspecified atom stereocenters. The van der Waals surface area contributed by atoms with Crippen LogP contribution in [0.15, 0.2) is 25.3 Å². The van der Waals surface area contributed by atoms with Crippen molar-refractivity contribution in [2.24, 2.45) is 0 Å². The van der Waals surface area contributed by atoms with Gasteiger partial charge in [0.15, 0.2) is 0 Å². The van der Waals surface area contributed by atoms with E-state index in [0.29, 0.717) is 0 Å². The Labute approximate surface area is 91.8 Å². The van der Waals surface area contributed by atoms with E-state index < -0.39 is 6.51 Å². The van der Waals surface area contributed by atoms with E-state index in [-0.39, 0.29) is 0 Å². The number of fused-ring (bicyclic) bond motifs is 10. The molecule has 0 aromatic rings. The van der Waals surface area contributed by atoms with Crippen molar-refractivity contribution >= 4 is 0 Å². The predicted molar refractivity (Wildman–Crippen MR) is 65.0 cm³/mol. The summed E-state index contributed by atoms with van der Waals surface area (Å²) >= 11 is 0. The molecule has 10 aliphatic rings. The first kappa shape index (κ1) is 6.44. The maximum atomic E-state index is 4.14. The molecule has 0 aliphatic carbocycles. The standard InChI is InChI=1S/2C8H9.Fe/c2*1-2-5-8-6-3-4-7-8;/h2*2-4,6-7H,1,5H2;. The third kappa shape index (κ3) is 0.0573. The zero-order valence-electron chi connectivity index (χ0n) is 9.96. The van der Waals surface area contributed by atoms with E-state index in [1.54, 1.807) is 0 Å². The first-order valence-corrected chi connectivity index (χ1v) is 13.7. The van der Waals surface area contributed by atoms with Crippen LogP contribution in [0.4, 0.5) is 0 Å². The van der Waals surface area contributed by atoms with Gasteiger partial charge in [-0.2, -0.15) is 0 Å². The molecule has 1 spiro atoms. The third-order valence-electron chi connectivity index (χ3n) is 16.3. The second-order valence-electron chi connectivity index (χ2n) is 11.1. The van der Waals surface area contributed by atoms with Crippen molar-refractivity contribution in [3.63, 3.8) is 0 Å². The molecule has 10 saturated heterocycles. The van der Waals surface area contributed by atoms with Crippen molar-refractivity contribution in [1.29, 1.82) is 0 Å². The summed E-state index contributed by atoms with van der Waals surface area (Å²) in [5.41, 5.74) is 0. The van der Waals surface area contributed by atoms with Gasteiger partial charge in [0.25, 0.3) is 0 Å². The predicted octanol–water partition coefficient (Wildman–Crippen LogP) is 5.27. The Balaban J connectivity index is 1.66. The summed E-state index contributed by atoms with van der Waals surface area (Å²) in [6.45, 7) is 5.34. The molecule has 0 N–H and O–H groups in total. The van der Waals surface area contributed by atoms with Crippen LogP contribution < -0.4 is 0 Å². The van der Waals surface area contributed by atoms with E-state index in [1.807, 2.05) is 0 Å². The molecule has 10 rings (SSSR count). The van der Waals surface area contributed by atoms with Crippen molar-refractivity contribution in [3.8, 4) is 0 Å². The van der Waals surface area contributed by atoms with Crippen LogP contribution in [0.25, 0.3) is 0 Å². The van der Waals surface area contributed by atoms with E-state index >= 15 is 0 Å². The van der Waals surface area contributed by atoms with Crippen LogP contribution in [0.5, 0.6) is 0 Å². The monoisotopic (exact) mass is 266 g/mol. The molecule has 10 aliphatic heterocycles. The topological polar surface area (TPSA) is 0 Å². The Bertz CT molecular complexity index is 935. The first-order chi connectivity index (χ1) is 8.05. The van der Waals surface area contributed by atoms with Crippen LogP contribution in [-0.4, -0.2) is 0 Å². The van der Waals surface area contributed by atoms with E-state index in [4.69, 9.17) is 0 Å². The second-order valence-corrected chi connectivity index (χ2v) is 34.5. The second kappa shape index (κ2) is 0.498. The Kier molecular flexibility index (Phi) is 0.189. The van der Waals surface area contributed by atoms with Gasteiger partial charge in [-0.15, -0.1) is 0 Å². The van der Waals surface area contributed by atoms with E-state index in [9.17, 15) is 0 Å². The Morgan fingerprint density at radius 2 is 1.12 bits per heavy atom. The number of hydrogen-bond acceptors (Lipinski definition) is 0. The summed E-state index contributed by atoms with van der Waals surface area (Å²) in [5.74, 6) is 0. The fraction of sp³-hybridized carbons (Fsp3) is 0.750. The fourth-order valence-electron chi connectivity index (χ4n) is 19.0. The molecule has 0 bridgehead atoms. The molecule has 1 heteroatoms. The van der Waals surface area contributed by atoms with Crippen LogP contribution >= 0.6 is 0 Å². The summed E-state index contributed by atoms with van der Waals surface area (Å²) in [6, 6.07) is 0. The molecule has 0 radical (unpaired) electrons. The van der Waals surface area contributed by atoms with Crippen molar-refractivity contribution in [3.05, 3.63) is 25.3 Å². The van der Waals surface area contributed by atoms with Gasteiger partial charge in [0.1, 0.15) is 0 Å².